The molecule has 4 fully saturated rings. The number of hydrogen-bond donors (Lipinski definition) is 0. The second-order valence-electron chi connectivity index (χ2n) is 10.7. The molecule has 0 aromatic heterocycles. The fraction of sp³-hybridized carbons (Fsp3) is 0.903. The van der Waals surface area contributed by atoms with Gasteiger partial charge in [-0.3, -0.25) is 14.4 Å². The number of unbranched alkanes of at least 4 members (excludes halogenated alkanes) is 1. The summed E-state index contributed by atoms with van der Waals surface area (Å²) in [5.74, 6) is -0.400. The molecule has 4 aliphatic rings. The van der Waals surface area contributed by atoms with Crippen LogP contribution in [0.25, 0.3) is 0 Å². The third-order valence-corrected chi connectivity index (χ3v) is 8.69. The highest BCUT2D eigenvalue weighted by Crippen LogP contribution is 2.63. The topological polar surface area (TPSA) is 78.9 Å². The average Bonchev–Trinajstić information content (AvgIpc) is 3.43. The summed E-state index contributed by atoms with van der Waals surface area (Å²) in [7, 11) is 0. The minimum Gasteiger partial charge on any atom is -0.459 e. The fourth-order valence-electron chi connectivity index (χ4n) is 7.14. The largest absolute Gasteiger partial charge is 0.459 e. The smallest absolute Gasteiger partial charge is 0.320 e. The highest BCUT2D eigenvalue weighted by molar-refractivity contribution is 5.97. The van der Waals surface area contributed by atoms with Gasteiger partial charge in [-0.1, -0.05) is 71.2 Å². The Morgan fingerprint density at radius 3 is 2.27 bits per heavy atom. The van der Waals surface area contributed by atoms with Gasteiger partial charge in [0, 0.05) is 12.5 Å². The molecule has 6 heteroatoms. The molecule has 3 saturated carbocycles. The molecule has 37 heavy (non-hydrogen) atoms. The maximum Gasteiger partial charge on any atom is 0.320 e. The molecule has 222 valence electrons. The van der Waals surface area contributed by atoms with Crippen molar-refractivity contribution in [3.05, 3.63) is 0 Å². The minimum atomic E-state index is -0.656. The number of ether oxygens (including phenoxy) is 3. The van der Waals surface area contributed by atoms with E-state index in [4.69, 9.17) is 14.2 Å². The van der Waals surface area contributed by atoms with Gasteiger partial charge in [-0.05, 0) is 70.1 Å². The van der Waals surface area contributed by atoms with Crippen LogP contribution in [0.5, 0.6) is 0 Å². The van der Waals surface area contributed by atoms with Crippen LogP contribution in [0.3, 0.4) is 0 Å². The number of carbonyl (C=O) groups excluding carboxylic acids is 3. The molecule has 0 amide bonds. The van der Waals surface area contributed by atoms with E-state index in [-0.39, 0.29) is 62.6 Å². The molecule has 0 spiro atoms. The van der Waals surface area contributed by atoms with Gasteiger partial charge in [0.2, 0.25) is 0 Å². The normalized spacial score (nSPS) is 34.1. The minimum absolute atomic E-state index is 0. The number of esters is 3. The predicted octanol–water partition coefficient (Wildman–Crippen LogP) is 8.11. The Morgan fingerprint density at radius 2 is 1.65 bits per heavy atom. The second-order valence-corrected chi connectivity index (χ2v) is 10.7. The Balaban J connectivity index is -0.00000193. The Kier molecular flexibility index (Phi) is 17.2. The van der Waals surface area contributed by atoms with Crippen molar-refractivity contribution in [1.29, 1.82) is 0 Å². The zero-order valence-corrected chi connectivity index (χ0v) is 19.4. The number of rotatable bonds is 9. The Morgan fingerprint density at radius 1 is 1.03 bits per heavy atom. The molecule has 9 atom stereocenters. The monoisotopic (exact) mass is 530 g/mol. The zero-order chi connectivity index (χ0) is 22.3. The van der Waals surface area contributed by atoms with Crippen LogP contribution in [0.4, 0.5) is 0 Å². The molecular weight excluding hydrogens is 468 g/mol. The van der Waals surface area contributed by atoms with Gasteiger partial charge in [-0.25, -0.2) is 0 Å². The molecule has 0 aromatic rings. The molecule has 1 aliphatic heterocycles. The first-order valence-corrected chi connectivity index (χ1v) is 12.3. The van der Waals surface area contributed by atoms with Crippen molar-refractivity contribution >= 4 is 17.9 Å². The molecule has 2 bridgehead atoms. The van der Waals surface area contributed by atoms with Gasteiger partial charge in [0.15, 0.2) is 0 Å². The van der Waals surface area contributed by atoms with Gasteiger partial charge in [0.05, 0.1) is 23.9 Å². The summed E-state index contributed by atoms with van der Waals surface area (Å²) in [6, 6.07) is 0. The lowest BCUT2D eigenvalue weighted by Crippen LogP contribution is -2.44. The summed E-state index contributed by atoms with van der Waals surface area (Å²) >= 11 is 0. The van der Waals surface area contributed by atoms with Gasteiger partial charge >= 0.3 is 17.9 Å². The Hall–Kier alpha value is -1.43. The number of carbonyl (C=O) groups is 3. The van der Waals surface area contributed by atoms with E-state index < -0.39 is 35.8 Å². The summed E-state index contributed by atoms with van der Waals surface area (Å²) in [6.45, 7) is 8.33. The third kappa shape index (κ3) is 7.58. The first-order valence-electron chi connectivity index (χ1n) is 12.3. The second kappa shape index (κ2) is 15.9. The first kappa shape index (κ1) is 40.1. The highest BCUT2D eigenvalue weighted by atomic mass is 16.6. The van der Waals surface area contributed by atoms with Crippen LogP contribution >= 0.6 is 0 Å². The van der Waals surface area contributed by atoms with E-state index in [9.17, 15) is 14.4 Å². The van der Waals surface area contributed by atoms with Crippen LogP contribution < -0.4 is 0 Å². The fourth-order valence-corrected chi connectivity index (χ4v) is 7.14. The number of fused-ring (bicyclic) bond motifs is 5. The highest BCUT2D eigenvalue weighted by Gasteiger charge is 2.61. The molecule has 9 unspecified atom stereocenters. The van der Waals surface area contributed by atoms with E-state index in [2.05, 4.69) is 13.8 Å². The van der Waals surface area contributed by atoms with Crippen molar-refractivity contribution in [3.8, 4) is 0 Å². The van der Waals surface area contributed by atoms with Crippen LogP contribution in [0.15, 0.2) is 0 Å². The molecule has 1 saturated heterocycles. The average molecular weight is 531 g/mol. The lowest BCUT2D eigenvalue weighted by molar-refractivity contribution is -0.172. The van der Waals surface area contributed by atoms with Gasteiger partial charge in [0.25, 0.3) is 0 Å². The zero-order valence-electron chi connectivity index (χ0n) is 19.4. The quantitative estimate of drug-likeness (QED) is 0.170. The third-order valence-electron chi connectivity index (χ3n) is 8.69. The predicted molar refractivity (Wildman–Crippen MR) is 154 cm³/mol. The molecule has 0 aromatic carbocycles. The Bertz CT molecular complexity index is 720. The summed E-state index contributed by atoms with van der Waals surface area (Å²) in [6.07, 6.45) is 7.79. The van der Waals surface area contributed by atoms with E-state index in [0.29, 0.717) is 24.4 Å². The summed E-state index contributed by atoms with van der Waals surface area (Å²) < 4.78 is 16.9. The van der Waals surface area contributed by atoms with Crippen molar-refractivity contribution in [2.24, 2.45) is 41.4 Å². The Labute approximate surface area is 230 Å². The van der Waals surface area contributed by atoms with E-state index >= 15 is 0 Å². The van der Waals surface area contributed by atoms with Gasteiger partial charge in [-0.2, -0.15) is 0 Å². The van der Waals surface area contributed by atoms with Gasteiger partial charge in [-0.15, -0.1) is 0 Å². The van der Waals surface area contributed by atoms with Crippen LogP contribution in [-0.2, 0) is 28.6 Å². The molecule has 6 nitrogen and oxygen atoms in total. The number of cyclic esters (lactones) is 2. The van der Waals surface area contributed by atoms with Crippen molar-refractivity contribution < 1.29 is 28.6 Å². The summed E-state index contributed by atoms with van der Waals surface area (Å²) in [4.78, 5) is 37.7. The van der Waals surface area contributed by atoms with Crippen LogP contribution in [-0.4, -0.2) is 36.2 Å². The molecule has 0 radical (unpaired) electrons. The number of hydrogen-bond acceptors (Lipinski definition) is 6. The van der Waals surface area contributed by atoms with Crippen LogP contribution in [0.2, 0.25) is 0 Å². The van der Waals surface area contributed by atoms with Crippen molar-refractivity contribution in [3.63, 3.8) is 0 Å². The van der Waals surface area contributed by atoms with Gasteiger partial charge in [0.1, 0.15) is 5.60 Å². The van der Waals surface area contributed by atoms with E-state index in [0.717, 1.165) is 25.2 Å². The van der Waals surface area contributed by atoms with Crippen LogP contribution in [0, 0.1) is 41.4 Å². The molecule has 1 heterocycles. The summed E-state index contributed by atoms with van der Waals surface area (Å²) in [5.41, 5.74) is -0.385. The molecule has 4 rings (SSSR count). The standard InChI is InChI=1S/C25H38O6.6CH4/c1-5-6-10-29-15(3)21-19(23(27)30-24(21)28)11-14(2)22(26)31-25(4)13-16-12-20(25)18-9-7-8-17(16)18;;;;;;/h14-21H,5-13H2,1-4H3;6*1H4. The maximum absolute atomic E-state index is 13.0. The lowest BCUT2D eigenvalue weighted by atomic mass is 9.73. The molecular formula is C31H62O6. The molecule has 3 aliphatic carbocycles. The van der Waals surface area contributed by atoms with Crippen molar-refractivity contribution in [2.45, 2.75) is 135 Å². The maximum atomic E-state index is 13.0. The summed E-state index contributed by atoms with van der Waals surface area (Å²) in [5, 5.41) is 0. The van der Waals surface area contributed by atoms with E-state index in [1.807, 2.05) is 6.92 Å². The lowest BCUT2D eigenvalue weighted by Gasteiger charge is -2.40. The van der Waals surface area contributed by atoms with Crippen molar-refractivity contribution in [1.82, 2.24) is 0 Å². The SMILES string of the molecule is C.C.C.C.C.C.CCCCOC(C)C1C(=O)OC(=O)C1CC(C)C(=O)OC1(C)CC2CC1C1CCCC21. The molecule has 0 N–H and O–H groups in total. The van der Waals surface area contributed by atoms with Gasteiger partial charge < -0.3 is 14.2 Å². The van der Waals surface area contributed by atoms with Crippen LogP contribution in [0.1, 0.15) is 124 Å². The first-order chi connectivity index (χ1) is 14.7. The van der Waals surface area contributed by atoms with E-state index in [1.165, 1.54) is 25.7 Å². The van der Waals surface area contributed by atoms with Crippen molar-refractivity contribution in [2.75, 3.05) is 6.61 Å². The van der Waals surface area contributed by atoms with E-state index in [1.54, 1.807) is 6.92 Å².